The molecule has 0 aliphatic rings. The molecule has 0 saturated heterocycles. The van der Waals surface area contributed by atoms with Gasteiger partial charge in [0.25, 0.3) is 5.91 Å². The topological polar surface area (TPSA) is 126 Å². The average Bonchev–Trinajstić information content (AvgIpc) is 3.37. The van der Waals surface area contributed by atoms with Crippen molar-refractivity contribution in [2.45, 2.75) is 32.3 Å². The van der Waals surface area contributed by atoms with Gasteiger partial charge in [-0.15, -0.1) is 13.2 Å². The molecule has 0 aliphatic heterocycles. The predicted molar refractivity (Wildman–Crippen MR) is 145 cm³/mol. The maximum atomic E-state index is 12.5. The first-order valence-electron chi connectivity index (χ1n) is 11.8. The molecule has 0 saturated carbocycles. The van der Waals surface area contributed by atoms with Crippen LogP contribution in [0, 0.1) is 0 Å². The number of imidazole rings is 1. The lowest BCUT2D eigenvalue weighted by atomic mass is 10.1. The highest BCUT2D eigenvalue weighted by Gasteiger charge is 2.31. The summed E-state index contributed by atoms with van der Waals surface area (Å²) in [5, 5.41) is 6.41. The summed E-state index contributed by atoms with van der Waals surface area (Å²) in [6.07, 6.45) is -4.76. The summed E-state index contributed by atoms with van der Waals surface area (Å²) in [4.78, 5) is 21.4. The van der Waals surface area contributed by atoms with E-state index in [0.717, 1.165) is 5.52 Å². The highest BCUT2D eigenvalue weighted by Crippen LogP contribution is 2.33. The van der Waals surface area contributed by atoms with Crippen molar-refractivity contribution < 1.29 is 32.2 Å². The van der Waals surface area contributed by atoms with Crippen molar-refractivity contribution in [1.29, 1.82) is 0 Å². The Hall–Kier alpha value is -3.46. The number of benzene rings is 2. The number of ether oxygens (including phenoxy) is 3. The van der Waals surface area contributed by atoms with Gasteiger partial charge in [0, 0.05) is 45.0 Å². The third-order valence-corrected chi connectivity index (χ3v) is 6.11. The van der Waals surface area contributed by atoms with Gasteiger partial charge >= 0.3 is 6.36 Å². The summed E-state index contributed by atoms with van der Waals surface area (Å²) in [5.41, 5.74) is 7.67. The quantitative estimate of drug-likeness (QED) is 0.268. The number of halogens is 3. The summed E-state index contributed by atoms with van der Waals surface area (Å²) in [6.45, 7) is 4.81. The molecule has 0 radical (unpaired) electrons. The molecule has 0 spiro atoms. The number of amides is 1. The van der Waals surface area contributed by atoms with Crippen molar-refractivity contribution in [3.63, 3.8) is 0 Å². The van der Waals surface area contributed by atoms with Crippen LogP contribution in [0.2, 0.25) is 0 Å². The van der Waals surface area contributed by atoms with Crippen LogP contribution in [0.1, 0.15) is 24.2 Å². The number of fused-ring (bicyclic) bond motifs is 2. The maximum Gasteiger partial charge on any atom is 0.573 e. The van der Waals surface area contributed by atoms with E-state index < -0.39 is 6.36 Å². The van der Waals surface area contributed by atoms with Gasteiger partial charge in [-0.1, -0.05) is 11.3 Å². The van der Waals surface area contributed by atoms with Crippen LogP contribution in [0.3, 0.4) is 0 Å². The first kappa shape index (κ1) is 30.1. The van der Waals surface area contributed by atoms with Crippen molar-refractivity contribution in [3.8, 4) is 5.75 Å². The van der Waals surface area contributed by atoms with Crippen molar-refractivity contribution in [2.24, 2.45) is 12.8 Å². The zero-order chi connectivity index (χ0) is 28.7. The molecular weight excluding hydrogens is 537 g/mol. The van der Waals surface area contributed by atoms with E-state index in [4.69, 9.17) is 10.5 Å². The van der Waals surface area contributed by atoms with Gasteiger partial charge in [0.1, 0.15) is 5.75 Å². The van der Waals surface area contributed by atoms with Crippen LogP contribution in [0.4, 0.5) is 24.3 Å². The highest BCUT2D eigenvalue weighted by molar-refractivity contribution is 7.22. The van der Waals surface area contributed by atoms with Crippen molar-refractivity contribution in [3.05, 3.63) is 42.0 Å². The Labute approximate surface area is 227 Å². The monoisotopic (exact) mass is 568 g/mol. The maximum absolute atomic E-state index is 12.5. The lowest BCUT2D eigenvalue weighted by Gasteiger charge is -2.12. The summed E-state index contributed by atoms with van der Waals surface area (Å²) in [5.74, 6) is -0.0654. The Morgan fingerprint density at radius 3 is 2.41 bits per heavy atom. The van der Waals surface area contributed by atoms with E-state index in [1.54, 1.807) is 44.0 Å². The molecule has 0 aliphatic carbocycles. The van der Waals surface area contributed by atoms with Crippen LogP contribution in [0.5, 0.6) is 5.75 Å². The highest BCUT2D eigenvalue weighted by atomic mass is 32.1. The van der Waals surface area contributed by atoms with Crippen LogP contribution >= 0.6 is 11.3 Å². The van der Waals surface area contributed by atoms with Gasteiger partial charge in [-0.3, -0.25) is 4.79 Å². The summed E-state index contributed by atoms with van der Waals surface area (Å²) in [6, 6.07) is 9.20. The molecule has 39 heavy (non-hydrogen) atoms. The Balaban J connectivity index is 0.000000631. The van der Waals surface area contributed by atoms with Crippen LogP contribution < -0.4 is 21.1 Å². The lowest BCUT2D eigenvalue weighted by molar-refractivity contribution is -0.274. The second kappa shape index (κ2) is 13.1. The first-order valence-corrected chi connectivity index (χ1v) is 12.7. The second-order valence-electron chi connectivity index (χ2n) is 8.78. The number of rotatable bonds is 9. The smallest absolute Gasteiger partial charge is 0.406 e. The van der Waals surface area contributed by atoms with Crippen LogP contribution in [-0.4, -0.2) is 66.3 Å². The Morgan fingerprint density at radius 2 is 1.79 bits per heavy atom. The number of nitrogens with one attached hydrogen (secondary N) is 2. The Kier molecular flexibility index (Phi) is 10.1. The molecule has 4 rings (SSSR count). The molecule has 14 heteroatoms. The molecule has 2 aromatic heterocycles. The SMILES string of the molecule is COCC(C)N.COCC(C)NC(=O)c1ccc2c(c1)nc(Nc1nc3ccc(OC(F)(F)F)cc3s1)n2C. The minimum absolute atomic E-state index is 0.139. The van der Waals surface area contributed by atoms with E-state index >= 15 is 0 Å². The van der Waals surface area contributed by atoms with Crippen LogP contribution in [0.25, 0.3) is 21.3 Å². The largest absolute Gasteiger partial charge is 0.573 e. The third-order valence-electron chi connectivity index (χ3n) is 5.18. The van der Waals surface area contributed by atoms with E-state index in [1.807, 2.05) is 13.8 Å². The van der Waals surface area contributed by atoms with Crippen molar-refractivity contribution >= 4 is 49.6 Å². The van der Waals surface area contributed by atoms with Gasteiger partial charge in [0.15, 0.2) is 5.13 Å². The molecule has 2 atom stereocenters. The van der Waals surface area contributed by atoms with Gasteiger partial charge < -0.3 is 35.1 Å². The Bertz CT molecular complexity index is 1410. The van der Waals surface area contributed by atoms with Crippen LogP contribution in [-0.2, 0) is 16.5 Å². The number of nitrogens with zero attached hydrogens (tertiary/aromatic N) is 3. The zero-order valence-electron chi connectivity index (χ0n) is 22.1. The van der Waals surface area contributed by atoms with Gasteiger partial charge in [0.05, 0.1) is 34.5 Å². The Morgan fingerprint density at radius 1 is 1.08 bits per heavy atom. The third kappa shape index (κ3) is 8.51. The molecule has 0 bridgehead atoms. The fourth-order valence-corrected chi connectivity index (χ4v) is 4.45. The minimum Gasteiger partial charge on any atom is -0.406 e. The molecule has 4 aromatic rings. The average molecular weight is 569 g/mol. The number of hydrogen-bond acceptors (Lipinski definition) is 9. The fraction of sp³-hybridized carbons (Fsp3) is 0.400. The van der Waals surface area contributed by atoms with Gasteiger partial charge in [0.2, 0.25) is 5.95 Å². The molecule has 1 amide bonds. The van der Waals surface area contributed by atoms with E-state index in [1.165, 1.54) is 29.5 Å². The lowest BCUT2D eigenvalue weighted by Crippen LogP contribution is -2.35. The molecule has 212 valence electrons. The fourth-order valence-electron chi connectivity index (χ4n) is 3.57. The molecule has 2 aromatic carbocycles. The van der Waals surface area contributed by atoms with Gasteiger partial charge in [-0.05, 0) is 44.2 Å². The normalized spacial score (nSPS) is 13.1. The second-order valence-corrected chi connectivity index (χ2v) is 9.81. The van der Waals surface area contributed by atoms with E-state index in [2.05, 4.69) is 30.1 Å². The number of alkyl halides is 3. The number of nitrogens with two attached hydrogens (primary N) is 1. The van der Waals surface area contributed by atoms with E-state index in [9.17, 15) is 18.0 Å². The van der Waals surface area contributed by atoms with Crippen molar-refractivity contribution in [2.75, 3.05) is 32.8 Å². The number of aryl methyl sites for hydroxylation is 1. The zero-order valence-corrected chi connectivity index (χ0v) is 22.9. The number of thiazole rings is 1. The van der Waals surface area contributed by atoms with Gasteiger partial charge in [-0.25, -0.2) is 9.97 Å². The number of anilines is 2. The number of hydrogen-bond donors (Lipinski definition) is 3. The van der Waals surface area contributed by atoms with Gasteiger partial charge in [-0.2, -0.15) is 0 Å². The molecule has 0 fully saturated rings. The molecule has 2 heterocycles. The van der Waals surface area contributed by atoms with Crippen LogP contribution in [0.15, 0.2) is 36.4 Å². The predicted octanol–water partition coefficient (Wildman–Crippen LogP) is 4.57. The number of carbonyl (C=O) groups excluding carboxylic acids is 1. The van der Waals surface area contributed by atoms with E-state index in [-0.39, 0.29) is 23.7 Å². The summed E-state index contributed by atoms with van der Waals surface area (Å²) < 4.78 is 53.4. The van der Waals surface area contributed by atoms with E-state index in [0.29, 0.717) is 45.6 Å². The molecular formula is C25H31F3N6O4S. The molecule has 4 N–H and O–H groups in total. The first-order chi connectivity index (χ1) is 18.4. The summed E-state index contributed by atoms with van der Waals surface area (Å²) >= 11 is 1.17. The molecule has 10 nitrogen and oxygen atoms in total. The molecule has 2 unspecified atom stereocenters. The minimum atomic E-state index is -4.76. The number of aromatic nitrogens is 3. The number of carbonyl (C=O) groups is 1. The summed E-state index contributed by atoms with van der Waals surface area (Å²) in [7, 11) is 5.02. The standard InChI is InChI=1S/C21H20F3N5O3S.C4H11NO/c1-11(10-31-3)25-18(30)12-4-7-16-15(8-12)26-19(29(16)2)28-20-27-14-6-5-13(9-17(14)33-20)32-21(22,23)24;1-4(5)3-6-2/h4-9,11H,10H2,1-3H3,(H,25,30)(H,26,27,28);4H,3,5H2,1-2H3. The number of methoxy groups -OCH3 is 2. The van der Waals surface area contributed by atoms with Crippen molar-refractivity contribution in [1.82, 2.24) is 19.9 Å².